The molecule has 10 heavy (non-hydrogen) atoms. The van der Waals surface area contributed by atoms with E-state index in [2.05, 4.69) is 11.6 Å². The molecule has 56 valence electrons. The first-order chi connectivity index (χ1) is 4.34. The van der Waals surface area contributed by atoms with E-state index in [0.29, 0.717) is 0 Å². The summed E-state index contributed by atoms with van der Waals surface area (Å²) in [5, 5.41) is 0. The van der Waals surface area contributed by atoms with Crippen LogP contribution in [0.3, 0.4) is 0 Å². The van der Waals surface area contributed by atoms with Crippen molar-refractivity contribution in [1.82, 2.24) is 4.98 Å². The highest BCUT2D eigenvalue weighted by Crippen LogP contribution is 2.05. The van der Waals surface area contributed by atoms with Crippen LogP contribution in [0.5, 0.6) is 0 Å². The number of rotatable bonds is 2. The van der Waals surface area contributed by atoms with Crippen LogP contribution in [0, 0.1) is 0 Å². The molecule has 1 aromatic heterocycles. The van der Waals surface area contributed by atoms with Gasteiger partial charge in [0.05, 0.1) is 6.04 Å². The smallest absolute Gasteiger partial charge is 0.0631 e. The molecule has 1 rings (SSSR count). The lowest BCUT2D eigenvalue weighted by Gasteiger charge is -1.99. The summed E-state index contributed by atoms with van der Waals surface area (Å²) >= 11 is 0. The fraction of sp³-hybridized carbons (Fsp3) is 0.143. The third-order valence-electron chi connectivity index (χ3n) is 1.24. The van der Waals surface area contributed by atoms with Crippen molar-refractivity contribution in [1.29, 1.82) is 0 Å². The maximum atomic E-state index is 5.59. The third-order valence-corrected chi connectivity index (χ3v) is 1.24. The molecule has 3 N–H and O–H groups in total. The molecule has 0 aromatic carbocycles. The summed E-state index contributed by atoms with van der Waals surface area (Å²) in [5.74, 6) is 0. The lowest BCUT2D eigenvalue weighted by Crippen LogP contribution is -2.05. The summed E-state index contributed by atoms with van der Waals surface area (Å²) in [4.78, 5) is 2.99. The minimum Gasteiger partial charge on any atom is -0.363 e. The first kappa shape index (κ1) is 9.27. The second-order valence-electron chi connectivity index (χ2n) is 1.89. The molecule has 0 spiro atoms. The van der Waals surface area contributed by atoms with Crippen molar-refractivity contribution >= 4 is 12.4 Å². The molecule has 1 atom stereocenters. The van der Waals surface area contributed by atoms with Crippen LogP contribution in [0.25, 0.3) is 0 Å². The van der Waals surface area contributed by atoms with Gasteiger partial charge in [-0.25, -0.2) is 0 Å². The van der Waals surface area contributed by atoms with Crippen molar-refractivity contribution in [2.45, 2.75) is 6.04 Å². The lowest BCUT2D eigenvalue weighted by atomic mass is 10.2. The average Bonchev–Trinajstić information content (AvgIpc) is 2.37. The monoisotopic (exact) mass is 158 g/mol. The fourth-order valence-corrected chi connectivity index (χ4v) is 0.679. The van der Waals surface area contributed by atoms with Crippen molar-refractivity contribution in [3.63, 3.8) is 0 Å². The molecule has 0 fully saturated rings. The second kappa shape index (κ2) is 4.14. The van der Waals surface area contributed by atoms with Crippen LogP contribution in [0.15, 0.2) is 31.0 Å². The molecule has 0 saturated carbocycles. The van der Waals surface area contributed by atoms with Gasteiger partial charge in [-0.1, -0.05) is 6.08 Å². The van der Waals surface area contributed by atoms with Gasteiger partial charge in [-0.05, 0) is 12.1 Å². The maximum absolute atomic E-state index is 5.59. The Hall–Kier alpha value is -0.730. The topological polar surface area (TPSA) is 41.8 Å². The highest BCUT2D eigenvalue weighted by molar-refractivity contribution is 5.85. The van der Waals surface area contributed by atoms with Gasteiger partial charge in [-0.3, -0.25) is 0 Å². The minimum atomic E-state index is -0.0556. The molecule has 3 heteroatoms. The van der Waals surface area contributed by atoms with E-state index in [0.717, 1.165) is 5.69 Å². The number of H-pyrrole nitrogens is 1. The molecule has 1 heterocycles. The minimum absolute atomic E-state index is 0. The van der Waals surface area contributed by atoms with Crippen LogP contribution in [-0.4, -0.2) is 4.98 Å². The van der Waals surface area contributed by atoms with Crippen molar-refractivity contribution < 1.29 is 0 Å². The summed E-state index contributed by atoms with van der Waals surface area (Å²) < 4.78 is 0. The number of nitrogens with one attached hydrogen (secondary N) is 1. The molecule has 0 amide bonds. The Morgan fingerprint density at radius 3 is 2.80 bits per heavy atom. The predicted molar refractivity (Wildman–Crippen MR) is 45.2 cm³/mol. The first-order valence-electron chi connectivity index (χ1n) is 2.86. The molecule has 1 aromatic rings. The van der Waals surface area contributed by atoms with Gasteiger partial charge in [0.25, 0.3) is 0 Å². The Morgan fingerprint density at radius 2 is 2.40 bits per heavy atom. The van der Waals surface area contributed by atoms with Crippen molar-refractivity contribution in [3.05, 3.63) is 36.7 Å². The van der Waals surface area contributed by atoms with Gasteiger partial charge in [0, 0.05) is 11.9 Å². The summed E-state index contributed by atoms with van der Waals surface area (Å²) in [6.45, 7) is 3.57. The highest BCUT2D eigenvalue weighted by Gasteiger charge is 1.97. The standard InChI is InChI=1S/C7H10N2.ClH/c1-2-6(8)7-4-3-5-9-7;/h2-6,9H,1,8H2;1H/t6-;/m1./s1. The summed E-state index contributed by atoms with van der Waals surface area (Å²) in [5.41, 5.74) is 6.59. The third kappa shape index (κ3) is 1.90. The van der Waals surface area contributed by atoms with E-state index in [-0.39, 0.29) is 18.4 Å². The Labute approximate surface area is 66.5 Å². The highest BCUT2D eigenvalue weighted by atomic mass is 35.5. The van der Waals surface area contributed by atoms with Crippen LogP contribution < -0.4 is 5.73 Å². The Morgan fingerprint density at radius 1 is 1.70 bits per heavy atom. The molecular weight excluding hydrogens is 148 g/mol. The predicted octanol–water partition coefficient (Wildman–Crippen LogP) is 1.62. The normalized spacial score (nSPS) is 11.7. The molecular formula is C7H11ClN2. The van der Waals surface area contributed by atoms with Gasteiger partial charge < -0.3 is 10.7 Å². The van der Waals surface area contributed by atoms with Crippen LogP contribution >= 0.6 is 12.4 Å². The quantitative estimate of drug-likeness (QED) is 0.632. The molecule has 0 saturated heterocycles. The number of halogens is 1. The van der Waals surface area contributed by atoms with Crippen molar-refractivity contribution in [3.8, 4) is 0 Å². The summed E-state index contributed by atoms with van der Waals surface area (Å²) in [7, 11) is 0. The summed E-state index contributed by atoms with van der Waals surface area (Å²) in [6, 6.07) is 3.80. The van der Waals surface area contributed by atoms with E-state index in [9.17, 15) is 0 Å². The lowest BCUT2D eigenvalue weighted by molar-refractivity contribution is 0.876. The Bertz CT molecular complexity index is 181. The molecule has 0 aliphatic carbocycles. The molecule has 0 radical (unpaired) electrons. The first-order valence-corrected chi connectivity index (χ1v) is 2.86. The maximum Gasteiger partial charge on any atom is 0.0631 e. The van der Waals surface area contributed by atoms with Gasteiger partial charge in [0.2, 0.25) is 0 Å². The summed E-state index contributed by atoms with van der Waals surface area (Å²) in [6.07, 6.45) is 3.55. The van der Waals surface area contributed by atoms with Crippen molar-refractivity contribution in [2.75, 3.05) is 0 Å². The van der Waals surface area contributed by atoms with Gasteiger partial charge in [-0.2, -0.15) is 0 Å². The van der Waals surface area contributed by atoms with Gasteiger partial charge >= 0.3 is 0 Å². The van der Waals surface area contributed by atoms with Crippen molar-refractivity contribution in [2.24, 2.45) is 5.73 Å². The number of nitrogens with two attached hydrogens (primary N) is 1. The number of aromatic nitrogens is 1. The van der Waals surface area contributed by atoms with Gasteiger partial charge in [0.15, 0.2) is 0 Å². The van der Waals surface area contributed by atoms with E-state index in [1.807, 2.05) is 18.3 Å². The zero-order valence-electron chi connectivity index (χ0n) is 5.58. The van der Waals surface area contributed by atoms with Gasteiger partial charge in [-0.15, -0.1) is 19.0 Å². The van der Waals surface area contributed by atoms with Gasteiger partial charge in [0.1, 0.15) is 0 Å². The second-order valence-corrected chi connectivity index (χ2v) is 1.89. The molecule has 0 aliphatic rings. The molecule has 0 bridgehead atoms. The zero-order valence-corrected chi connectivity index (χ0v) is 6.40. The van der Waals surface area contributed by atoms with Crippen LogP contribution in [-0.2, 0) is 0 Å². The van der Waals surface area contributed by atoms with Crippen LogP contribution in [0.2, 0.25) is 0 Å². The number of hydrogen-bond acceptors (Lipinski definition) is 1. The molecule has 0 aliphatic heterocycles. The van der Waals surface area contributed by atoms with E-state index in [4.69, 9.17) is 5.73 Å². The van der Waals surface area contributed by atoms with Crippen LogP contribution in [0.1, 0.15) is 11.7 Å². The van der Waals surface area contributed by atoms with E-state index < -0.39 is 0 Å². The van der Waals surface area contributed by atoms with Crippen LogP contribution in [0.4, 0.5) is 0 Å². The SMILES string of the molecule is C=C[C@@H](N)c1ccc[nH]1.Cl. The van der Waals surface area contributed by atoms with E-state index >= 15 is 0 Å². The Kier molecular flexibility index (Phi) is 3.84. The molecule has 2 nitrogen and oxygen atoms in total. The number of aromatic amines is 1. The number of hydrogen-bond donors (Lipinski definition) is 2. The fourth-order valence-electron chi connectivity index (χ4n) is 0.679. The Balaban J connectivity index is 0.000000810. The molecule has 0 unspecified atom stereocenters. The largest absolute Gasteiger partial charge is 0.363 e. The van der Waals surface area contributed by atoms with E-state index in [1.54, 1.807) is 6.08 Å². The van der Waals surface area contributed by atoms with E-state index in [1.165, 1.54) is 0 Å². The average molecular weight is 159 g/mol. The zero-order chi connectivity index (χ0) is 6.69.